The van der Waals surface area contributed by atoms with Crippen molar-refractivity contribution in [3.63, 3.8) is 0 Å². The Bertz CT molecular complexity index is 965. The highest BCUT2D eigenvalue weighted by molar-refractivity contribution is 6.34. The summed E-state index contributed by atoms with van der Waals surface area (Å²) in [5, 5.41) is 0.175. The molecule has 0 amide bonds. The fraction of sp³-hybridized carbons (Fsp3) is 0.286. The number of benzene rings is 2. The number of fused-ring (bicyclic) bond motifs is 1. The van der Waals surface area contributed by atoms with Crippen molar-refractivity contribution in [2.24, 2.45) is 0 Å². The first-order valence-electron chi connectivity index (χ1n) is 8.76. The molecule has 3 nitrogen and oxygen atoms in total. The van der Waals surface area contributed by atoms with Gasteiger partial charge in [-0.1, -0.05) is 29.3 Å². The lowest BCUT2D eigenvalue weighted by Gasteiger charge is -2.31. The average Bonchev–Trinajstić information content (AvgIpc) is 3.01. The molecular formula is C21H17Cl2F3O3. The van der Waals surface area contributed by atoms with Gasteiger partial charge >= 0.3 is 12.1 Å². The zero-order valence-electron chi connectivity index (χ0n) is 15.6. The maximum absolute atomic E-state index is 14.2. The number of carbonyl (C=O) groups is 1. The molecule has 0 radical (unpaired) electrons. The van der Waals surface area contributed by atoms with Gasteiger partial charge in [-0.3, -0.25) is 0 Å². The fourth-order valence-corrected chi connectivity index (χ4v) is 3.79. The Kier molecular flexibility index (Phi) is 5.88. The van der Waals surface area contributed by atoms with Crippen molar-refractivity contribution in [3.8, 4) is 5.75 Å². The molecule has 0 saturated heterocycles. The molecule has 1 atom stereocenters. The van der Waals surface area contributed by atoms with E-state index in [9.17, 15) is 18.0 Å². The van der Waals surface area contributed by atoms with Crippen molar-refractivity contribution in [1.82, 2.24) is 0 Å². The van der Waals surface area contributed by atoms with Gasteiger partial charge in [-0.25, -0.2) is 4.79 Å². The molecule has 2 aromatic carbocycles. The number of hydrogen-bond donors (Lipinski definition) is 0. The molecule has 0 aliphatic carbocycles. The summed E-state index contributed by atoms with van der Waals surface area (Å²) >= 11 is 11.9. The molecule has 8 heteroatoms. The van der Waals surface area contributed by atoms with Crippen LogP contribution in [0.5, 0.6) is 5.75 Å². The maximum Gasteiger partial charge on any atom is 0.432 e. The molecule has 0 bridgehead atoms. The van der Waals surface area contributed by atoms with E-state index in [0.29, 0.717) is 16.7 Å². The third-order valence-corrected chi connectivity index (χ3v) is 5.08. The molecule has 1 heterocycles. The summed E-state index contributed by atoms with van der Waals surface area (Å²) in [4.78, 5) is 11.6. The van der Waals surface area contributed by atoms with Gasteiger partial charge in [-0.15, -0.1) is 0 Å². The molecule has 1 aliphatic rings. The van der Waals surface area contributed by atoms with Crippen molar-refractivity contribution in [3.05, 3.63) is 69.2 Å². The molecule has 154 valence electrons. The van der Waals surface area contributed by atoms with Crippen molar-refractivity contribution >= 4 is 34.7 Å². The summed E-state index contributed by atoms with van der Waals surface area (Å²) in [6, 6.07) is 8.42. The van der Waals surface area contributed by atoms with Crippen LogP contribution in [-0.2, 0) is 21.6 Å². The first-order chi connectivity index (χ1) is 13.6. The van der Waals surface area contributed by atoms with Crippen LogP contribution in [0.2, 0.25) is 10.0 Å². The maximum atomic E-state index is 14.2. The van der Waals surface area contributed by atoms with E-state index < -0.39 is 24.2 Å². The number of halogens is 5. The van der Waals surface area contributed by atoms with Gasteiger partial charge in [0.2, 0.25) is 5.60 Å². The van der Waals surface area contributed by atoms with Crippen LogP contribution in [0, 0.1) is 0 Å². The minimum absolute atomic E-state index is 0.0876. The second-order valence-corrected chi connectivity index (χ2v) is 7.54. The van der Waals surface area contributed by atoms with Crippen LogP contribution in [0.25, 0.3) is 5.57 Å². The van der Waals surface area contributed by atoms with Crippen LogP contribution in [0.4, 0.5) is 13.2 Å². The third-order valence-electron chi connectivity index (χ3n) is 4.65. The molecule has 0 aromatic heterocycles. The van der Waals surface area contributed by atoms with E-state index in [0.717, 1.165) is 0 Å². The van der Waals surface area contributed by atoms with E-state index >= 15 is 0 Å². The number of carbonyl (C=O) groups excluding carboxylic acids is 1. The van der Waals surface area contributed by atoms with Crippen LogP contribution < -0.4 is 4.74 Å². The van der Waals surface area contributed by atoms with E-state index in [1.54, 1.807) is 26.0 Å². The Morgan fingerprint density at radius 2 is 1.86 bits per heavy atom. The molecule has 29 heavy (non-hydrogen) atoms. The minimum atomic E-state index is -4.71. The Morgan fingerprint density at radius 3 is 2.45 bits per heavy atom. The Morgan fingerprint density at radius 1 is 1.21 bits per heavy atom. The van der Waals surface area contributed by atoms with E-state index in [1.165, 1.54) is 30.3 Å². The lowest BCUT2D eigenvalue weighted by molar-refractivity contribution is -0.248. The quantitative estimate of drug-likeness (QED) is 0.406. The van der Waals surface area contributed by atoms with Crippen molar-refractivity contribution in [2.75, 3.05) is 6.61 Å². The summed E-state index contributed by atoms with van der Waals surface area (Å²) in [6.07, 6.45) is -3.85. The normalized spacial score (nSPS) is 18.9. The smallest absolute Gasteiger partial charge is 0.432 e. The van der Waals surface area contributed by atoms with Crippen molar-refractivity contribution in [2.45, 2.75) is 32.0 Å². The van der Waals surface area contributed by atoms with E-state index in [1.807, 2.05) is 0 Å². The summed E-state index contributed by atoms with van der Waals surface area (Å²) in [6.45, 7) is 3.60. The van der Waals surface area contributed by atoms with E-state index in [2.05, 4.69) is 0 Å². The van der Waals surface area contributed by atoms with Gasteiger partial charge in [-0.05, 0) is 60.9 Å². The van der Waals surface area contributed by atoms with Crippen LogP contribution in [0.15, 0.2) is 42.5 Å². The topological polar surface area (TPSA) is 35.5 Å². The van der Waals surface area contributed by atoms with Crippen LogP contribution in [-0.4, -0.2) is 18.8 Å². The molecule has 0 N–H and O–H groups in total. The van der Waals surface area contributed by atoms with Crippen molar-refractivity contribution < 1.29 is 27.4 Å². The summed E-state index contributed by atoms with van der Waals surface area (Å²) in [5.41, 5.74) is -1.23. The second-order valence-electron chi connectivity index (χ2n) is 6.66. The number of hydrogen-bond acceptors (Lipinski definition) is 3. The lowest BCUT2D eigenvalue weighted by Crippen LogP contribution is -2.46. The van der Waals surface area contributed by atoms with Gasteiger partial charge in [-0.2, -0.15) is 13.2 Å². The zero-order valence-corrected chi connectivity index (χ0v) is 17.1. The lowest BCUT2D eigenvalue weighted by atomic mass is 9.88. The highest BCUT2D eigenvalue weighted by atomic mass is 35.5. The fourth-order valence-electron chi connectivity index (χ4n) is 3.27. The van der Waals surface area contributed by atoms with Gasteiger partial charge in [0.05, 0.1) is 6.61 Å². The SMILES string of the molecule is CCOC(=O)/C=C(/C)c1ccc2c(c1)CC(c1cc(Cl)cc(Cl)c1)(C(F)(F)F)O2. The van der Waals surface area contributed by atoms with Crippen LogP contribution >= 0.6 is 23.2 Å². The third kappa shape index (κ3) is 4.23. The van der Waals surface area contributed by atoms with Gasteiger partial charge in [0.1, 0.15) is 5.75 Å². The monoisotopic (exact) mass is 444 g/mol. The minimum Gasteiger partial charge on any atom is -0.472 e. The number of rotatable bonds is 4. The first-order valence-corrected chi connectivity index (χ1v) is 9.52. The van der Waals surface area contributed by atoms with Gasteiger partial charge < -0.3 is 9.47 Å². The Labute approximate surface area is 176 Å². The standard InChI is InChI=1S/C21H17Cl2F3O3/c1-3-28-19(27)6-12(2)13-4-5-18-14(7-13)11-20(29-18,21(24,25)26)15-8-16(22)10-17(23)9-15/h4-10H,3,11H2,1-2H3/b12-6-. The number of esters is 1. The highest BCUT2D eigenvalue weighted by Crippen LogP contribution is 2.51. The molecule has 2 aromatic rings. The van der Waals surface area contributed by atoms with Crippen molar-refractivity contribution in [1.29, 1.82) is 0 Å². The highest BCUT2D eigenvalue weighted by Gasteiger charge is 2.61. The molecule has 3 rings (SSSR count). The number of alkyl halides is 3. The molecule has 1 unspecified atom stereocenters. The van der Waals surface area contributed by atoms with Crippen LogP contribution in [0.3, 0.4) is 0 Å². The molecule has 0 fully saturated rings. The summed E-state index contributed by atoms with van der Waals surface area (Å²) in [5.74, 6) is -0.397. The zero-order chi connectivity index (χ0) is 21.4. The Balaban J connectivity index is 2.02. The predicted molar refractivity (Wildman–Crippen MR) is 105 cm³/mol. The molecule has 0 saturated carbocycles. The number of ether oxygens (including phenoxy) is 2. The average molecular weight is 445 g/mol. The number of allylic oxidation sites excluding steroid dienone is 1. The van der Waals surface area contributed by atoms with Crippen LogP contribution in [0.1, 0.15) is 30.5 Å². The summed E-state index contributed by atoms with van der Waals surface area (Å²) in [7, 11) is 0. The van der Waals surface area contributed by atoms with E-state index in [-0.39, 0.29) is 28.0 Å². The summed E-state index contributed by atoms with van der Waals surface area (Å²) < 4.78 is 52.8. The predicted octanol–water partition coefficient (Wildman–Crippen LogP) is 6.35. The van der Waals surface area contributed by atoms with Gasteiger partial charge in [0.25, 0.3) is 0 Å². The molecule has 1 aliphatic heterocycles. The van der Waals surface area contributed by atoms with Gasteiger partial charge in [0, 0.05) is 28.1 Å². The molecule has 0 spiro atoms. The second kappa shape index (κ2) is 7.92. The Hall–Kier alpha value is -2.18. The van der Waals surface area contributed by atoms with E-state index in [4.69, 9.17) is 32.7 Å². The van der Waals surface area contributed by atoms with Gasteiger partial charge in [0.15, 0.2) is 0 Å². The largest absolute Gasteiger partial charge is 0.472 e. The first kappa shape index (κ1) is 21.5. The molecular weight excluding hydrogens is 428 g/mol.